The lowest BCUT2D eigenvalue weighted by Gasteiger charge is -2.39. The third kappa shape index (κ3) is 4.63. The summed E-state index contributed by atoms with van der Waals surface area (Å²) in [6.45, 7) is 7.17. The fourth-order valence-corrected chi connectivity index (χ4v) is 4.58. The van der Waals surface area contributed by atoms with Gasteiger partial charge in [-0.2, -0.15) is 5.10 Å². The molecule has 1 saturated carbocycles. The van der Waals surface area contributed by atoms with Crippen LogP contribution < -0.4 is 15.9 Å². The Kier molecular flexibility index (Phi) is 6.24. The van der Waals surface area contributed by atoms with Crippen LogP contribution in [0.25, 0.3) is 5.69 Å². The van der Waals surface area contributed by atoms with Gasteiger partial charge in [0.15, 0.2) is 0 Å². The molecule has 2 aliphatic rings. The van der Waals surface area contributed by atoms with Crippen LogP contribution in [0, 0.1) is 0 Å². The minimum Gasteiger partial charge on any atom is -0.369 e. The van der Waals surface area contributed by atoms with Gasteiger partial charge >= 0.3 is 5.69 Å². The molecule has 5 rings (SSSR count). The molecule has 178 valence electrons. The fourth-order valence-electron chi connectivity index (χ4n) is 4.58. The molecular formula is C26H32N6O2. The van der Waals surface area contributed by atoms with Gasteiger partial charge in [0.2, 0.25) is 5.91 Å². The van der Waals surface area contributed by atoms with Gasteiger partial charge in [0, 0.05) is 37.9 Å². The molecule has 3 aromatic rings. The lowest BCUT2D eigenvalue weighted by Crippen LogP contribution is -2.51. The number of nitrogens with one attached hydrogen (secondary N) is 1. The van der Waals surface area contributed by atoms with Crippen LogP contribution in [0.4, 0.5) is 5.69 Å². The van der Waals surface area contributed by atoms with Crippen molar-refractivity contribution in [3.8, 4) is 5.69 Å². The molecule has 1 aliphatic heterocycles. The van der Waals surface area contributed by atoms with Crippen molar-refractivity contribution in [1.82, 2.24) is 24.6 Å². The second-order valence-electron chi connectivity index (χ2n) is 9.46. The number of carbonyl (C=O) groups is 1. The quantitative estimate of drug-likeness (QED) is 0.587. The zero-order valence-corrected chi connectivity index (χ0v) is 19.8. The van der Waals surface area contributed by atoms with Crippen molar-refractivity contribution in [3.63, 3.8) is 0 Å². The molecule has 1 saturated heterocycles. The third-order valence-electron chi connectivity index (χ3n) is 6.64. The number of piperazine rings is 1. The number of carbonyl (C=O) groups excluding carboxylic acids is 1. The van der Waals surface area contributed by atoms with Crippen LogP contribution in [0.2, 0.25) is 0 Å². The largest absolute Gasteiger partial charge is 0.369 e. The minimum absolute atomic E-state index is 0.0235. The maximum absolute atomic E-state index is 13.1. The van der Waals surface area contributed by atoms with Crippen LogP contribution in [-0.2, 0) is 4.79 Å². The number of amides is 1. The Labute approximate surface area is 199 Å². The van der Waals surface area contributed by atoms with Crippen molar-refractivity contribution in [2.75, 3.05) is 31.1 Å². The lowest BCUT2D eigenvalue weighted by molar-refractivity contribution is -0.127. The van der Waals surface area contributed by atoms with E-state index in [9.17, 15) is 9.59 Å². The van der Waals surface area contributed by atoms with E-state index in [1.54, 1.807) is 10.9 Å². The van der Waals surface area contributed by atoms with Gasteiger partial charge in [-0.3, -0.25) is 9.69 Å². The molecule has 1 N–H and O–H groups in total. The Morgan fingerprint density at radius 2 is 1.59 bits per heavy atom. The molecule has 2 aromatic carbocycles. The molecule has 8 nitrogen and oxygen atoms in total. The predicted molar refractivity (Wildman–Crippen MR) is 132 cm³/mol. The summed E-state index contributed by atoms with van der Waals surface area (Å²) >= 11 is 0. The maximum atomic E-state index is 13.1. The van der Waals surface area contributed by atoms with Gasteiger partial charge in [-0.25, -0.2) is 14.0 Å². The number of nitrogens with zero attached hydrogens (tertiary/aromatic N) is 5. The Morgan fingerprint density at radius 1 is 0.941 bits per heavy atom. The van der Waals surface area contributed by atoms with Crippen LogP contribution >= 0.6 is 0 Å². The van der Waals surface area contributed by atoms with Gasteiger partial charge in [0.25, 0.3) is 0 Å². The molecular weight excluding hydrogens is 428 g/mol. The predicted octanol–water partition coefficient (Wildman–Crippen LogP) is 2.76. The standard InChI is InChI=1S/C26H32N6O2/c1-19(2)32-26(34)31(18-27-32)23-12-10-22(11-13-23)29-14-16-30(17-15-29)24(20-6-4-3-5-7-20)25(33)28-21-8-9-21/h3-7,10-13,18-19,21,24H,8-9,14-17H2,1-2H3,(H,28,33). The van der Waals surface area contributed by atoms with Crippen molar-refractivity contribution < 1.29 is 4.79 Å². The molecule has 0 radical (unpaired) electrons. The summed E-state index contributed by atoms with van der Waals surface area (Å²) in [6.07, 6.45) is 3.75. The zero-order chi connectivity index (χ0) is 23.7. The Bertz CT molecular complexity index is 1170. The van der Waals surface area contributed by atoms with Crippen molar-refractivity contribution >= 4 is 11.6 Å². The molecule has 8 heteroatoms. The SMILES string of the molecule is CC(C)n1ncn(-c2ccc(N3CCN(C(C(=O)NC4CC4)c4ccccc4)CC3)cc2)c1=O. The third-order valence-corrected chi connectivity index (χ3v) is 6.64. The van der Waals surface area contributed by atoms with Crippen LogP contribution in [0.15, 0.2) is 65.7 Å². The summed E-state index contributed by atoms with van der Waals surface area (Å²) in [5.41, 5.74) is 2.84. The van der Waals surface area contributed by atoms with E-state index in [0.29, 0.717) is 6.04 Å². The smallest absolute Gasteiger partial charge is 0.350 e. The molecule has 1 amide bonds. The fraction of sp³-hybridized carbons (Fsp3) is 0.423. The average molecular weight is 461 g/mol. The summed E-state index contributed by atoms with van der Waals surface area (Å²) < 4.78 is 3.06. The van der Waals surface area contributed by atoms with Crippen LogP contribution in [-0.4, -0.2) is 57.4 Å². The summed E-state index contributed by atoms with van der Waals surface area (Å²) in [6, 6.07) is 18.2. The first-order valence-corrected chi connectivity index (χ1v) is 12.1. The summed E-state index contributed by atoms with van der Waals surface area (Å²) in [7, 11) is 0. The molecule has 1 unspecified atom stereocenters. The van der Waals surface area contributed by atoms with Gasteiger partial charge in [-0.1, -0.05) is 30.3 Å². The zero-order valence-electron chi connectivity index (χ0n) is 19.8. The molecule has 34 heavy (non-hydrogen) atoms. The van der Waals surface area contributed by atoms with Crippen LogP contribution in [0.3, 0.4) is 0 Å². The van der Waals surface area contributed by atoms with E-state index in [-0.39, 0.29) is 23.7 Å². The van der Waals surface area contributed by atoms with Crippen LogP contribution in [0.5, 0.6) is 0 Å². The number of hydrogen-bond acceptors (Lipinski definition) is 5. The lowest BCUT2D eigenvalue weighted by atomic mass is 10.0. The molecule has 1 aromatic heterocycles. The van der Waals surface area contributed by atoms with Gasteiger partial charge in [0.1, 0.15) is 12.4 Å². The minimum atomic E-state index is -0.254. The molecule has 2 fully saturated rings. The highest BCUT2D eigenvalue weighted by Gasteiger charge is 2.33. The van der Waals surface area contributed by atoms with Crippen molar-refractivity contribution in [2.45, 2.75) is 44.8 Å². The Morgan fingerprint density at radius 3 is 2.18 bits per heavy atom. The first-order valence-electron chi connectivity index (χ1n) is 12.1. The second kappa shape index (κ2) is 9.46. The van der Waals surface area contributed by atoms with E-state index < -0.39 is 0 Å². The Hall–Kier alpha value is -3.39. The van der Waals surface area contributed by atoms with E-state index >= 15 is 0 Å². The molecule has 1 aliphatic carbocycles. The van der Waals surface area contributed by atoms with E-state index in [1.807, 2.05) is 56.3 Å². The summed E-state index contributed by atoms with van der Waals surface area (Å²) in [5.74, 6) is 0.110. The highest BCUT2D eigenvalue weighted by atomic mass is 16.2. The molecule has 2 heterocycles. The first-order chi connectivity index (χ1) is 16.5. The van der Waals surface area contributed by atoms with E-state index in [4.69, 9.17) is 0 Å². The van der Waals surface area contributed by atoms with Crippen LogP contribution in [0.1, 0.15) is 44.3 Å². The summed E-state index contributed by atoms with van der Waals surface area (Å²) in [5, 5.41) is 7.41. The van der Waals surface area contributed by atoms with Gasteiger partial charge in [-0.15, -0.1) is 0 Å². The summed E-state index contributed by atoms with van der Waals surface area (Å²) in [4.78, 5) is 30.3. The first kappa shape index (κ1) is 22.4. The van der Waals surface area contributed by atoms with Crippen molar-refractivity contribution in [1.29, 1.82) is 0 Å². The maximum Gasteiger partial charge on any atom is 0.350 e. The number of aromatic nitrogens is 3. The normalized spacial score (nSPS) is 17.7. The second-order valence-corrected chi connectivity index (χ2v) is 9.46. The monoisotopic (exact) mass is 460 g/mol. The highest BCUT2D eigenvalue weighted by molar-refractivity contribution is 5.83. The van der Waals surface area contributed by atoms with Crippen molar-refractivity contribution in [2.24, 2.45) is 0 Å². The van der Waals surface area contributed by atoms with E-state index in [0.717, 1.165) is 56.0 Å². The molecule has 0 bridgehead atoms. The Balaban J connectivity index is 1.27. The topological polar surface area (TPSA) is 75.4 Å². The number of hydrogen-bond donors (Lipinski definition) is 1. The van der Waals surface area contributed by atoms with Gasteiger partial charge < -0.3 is 10.2 Å². The van der Waals surface area contributed by atoms with E-state index in [2.05, 4.69) is 32.3 Å². The van der Waals surface area contributed by atoms with Gasteiger partial charge in [0.05, 0.1) is 11.7 Å². The highest BCUT2D eigenvalue weighted by Crippen LogP contribution is 2.27. The molecule has 1 atom stereocenters. The average Bonchev–Trinajstić information content (AvgIpc) is 3.58. The number of rotatable bonds is 7. The van der Waals surface area contributed by atoms with E-state index in [1.165, 1.54) is 4.68 Å². The van der Waals surface area contributed by atoms with Crippen molar-refractivity contribution in [3.05, 3.63) is 77.0 Å². The molecule has 0 spiro atoms. The number of benzene rings is 2. The number of anilines is 1. The van der Waals surface area contributed by atoms with Gasteiger partial charge in [-0.05, 0) is 56.5 Å².